The maximum atomic E-state index is 11.4. The third kappa shape index (κ3) is 2.71. The van der Waals surface area contributed by atoms with Gasteiger partial charge in [-0.2, -0.15) is 0 Å². The molecule has 0 fully saturated rings. The molecule has 1 rings (SSSR count). The van der Waals surface area contributed by atoms with Crippen molar-refractivity contribution in [2.24, 2.45) is 5.14 Å². The fourth-order valence-electron chi connectivity index (χ4n) is 0.986. The van der Waals surface area contributed by atoms with E-state index in [9.17, 15) is 16.8 Å². The standard InChI is InChI=1S/C7H9ClN2O4S2/c1-10-16(13,14)7-3-2-5(4-6(7)8)15(9,11)12/h2-4,10H,1H3,(H2,9,11,12). The van der Waals surface area contributed by atoms with Gasteiger partial charge in [0.2, 0.25) is 20.0 Å². The van der Waals surface area contributed by atoms with Gasteiger partial charge in [0.15, 0.2) is 0 Å². The highest BCUT2D eigenvalue weighted by Gasteiger charge is 2.18. The molecule has 0 saturated carbocycles. The summed E-state index contributed by atoms with van der Waals surface area (Å²) < 4.78 is 46.8. The Morgan fingerprint density at radius 3 is 2.19 bits per heavy atom. The smallest absolute Gasteiger partial charge is 0.225 e. The van der Waals surface area contributed by atoms with Crippen molar-refractivity contribution in [2.45, 2.75) is 9.79 Å². The van der Waals surface area contributed by atoms with Gasteiger partial charge in [-0.05, 0) is 25.2 Å². The van der Waals surface area contributed by atoms with E-state index in [-0.39, 0.29) is 14.8 Å². The van der Waals surface area contributed by atoms with E-state index in [2.05, 4.69) is 4.72 Å². The highest BCUT2D eigenvalue weighted by atomic mass is 35.5. The van der Waals surface area contributed by atoms with E-state index in [4.69, 9.17) is 16.7 Å². The molecule has 0 radical (unpaired) electrons. The van der Waals surface area contributed by atoms with Crippen molar-refractivity contribution in [3.63, 3.8) is 0 Å². The second-order valence-electron chi connectivity index (χ2n) is 2.84. The zero-order chi connectivity index (χ0) is 12.6. The van der Waals surface area contributed by atoms with Gasteiger partial charge < -0.3 is 0 Å². The first-order valence-electron chi connectivity index (χ1n) is 3.94. The summed E-state index contributed by atoms with van der Waals surface area (Å²) in [7, 11) is -6.38. The van der Waals surface area contributed by atoms with Crippen molar-refractivity contribution in [1.29, 1.82) is 0 Å². The molecule has 3 N–H and O–H groups in total. The molecule has 0 aliphatic carbocycles. The number of sulfonamides is 2. The third-order valence-corrected chi connectivity index (χ3v) is 4.60. The Morgan fingerprint density at radius 2 is 1.81 bits per heavy atom. The maximum absolute atomic E-state index is 11.4. The summed E-state index contributed by atoms with van der Waals surface area (Å²) in [4.78, 5) is -0.448. The average molecular weight is 285 g/mol. The lowest BCUT2D eigenvalue weighted by Gasteiger charge is -2.06. The second kappa shape index (κ2) is 4.30. The third-order valence-electron chi connectivity index (χ3n) is 1.79. The molecule has 0 atom stereocenters. The lowest BCUT2D eigenvalue weighted by atomic mass is 10.4. The minimum absolute atomic E-state index is 0.205. The number of primary sulfonamides is 1. The largest absolute Gasteiger partial charge is 0.241 e. The van der Waals surface area contributed by atoms with Crippen molar-refractivity contribution in [1.82, 2.24) is 4.72 Å². The van der Waals surface area contributed by atoms with Gasteiger partial charge in [-0.3, -0.25) is 0 Å². The van der Waals surface area contributed by atoms with E-state index in [1.807, 2.05) is 0 Å². The number of hydrogen-bond donors (Lipinski definition) is 2. The van der Waals surface area contributed by atoms with Crippen molar-refractivity contribution in [2.75, 3.05) is 7.05 Å². The number of benzene rings is 1. The van der Waals surface area contributed by atoms with Crippen LogP contribution < -0.4 is 9.86 Å². The fourth-order valence-corrected chi connectivity index (χ4v) is 2.86. The quantitative estimate of drug-likeness (QED) is 0.808. The molecule has 90 valence electrons. The summed E-state index contributed by atoms with van der Waals surface area (Å²) in [5.74, 6) is 0. The van der Waals surface area contributed by atoms with Gasteiger partial charge in [0, 0.05) is 0 Å². The van der Waals surface area contributed by atoms with Crippen LogP contribution in [-0.2, 0) is 20.0 Å². The molecule has 1 aromatic carbocycles. The van der Waals surface area contributed by atoms with E-state index < -0.39 is 20.0 Å². The number of nitrogens with one attached hydrogen (secondary N) is 1. The molecule has 1 aromatic rings. The Hall–Kier alpha value is -0.670. The Labute approximate surface area is 98.5 Å². The van der Waals surface area contributed by atoms with Crippen LogP contribution in [0.5, 0.6) is 0 Å². The molecule has 0 unspecified atom stereocenters. The summed E-state index contributed by atoms with van der Waals surface area (Å²) in [6.45, 7) is 0. The van der Waals surface area contributed by atoms with Gasteiger partial charge in [-0.15, -0.1) is 0 Å². The second-order valence-corrected chi connectivity index (χ2v) is 6.67. The van der Waals surface area contributed by atoms with E-state index in [0.29, 0.717) is 0 Å². The van der Waals surface area contributed by atoms with Crippen LogP contribution in [0, 0.1) is 0 Å². The Bertz CT molecular complexity index is 609. The molecule has 6 nitrogen and oxygen atoms in total. The Balaban J connectivity index is 3.43. The van der Waals surface area contributed by atoms with Crippen molar-refractivity contribution < 1.29 is 16.8 Å². The molecule has 0 aliphatic heterocycles. The molecule has 0 amide bonds. The van der Waals surface area contributed by atoms with Gasteiger partial charge in [0.1, 0.15) is 4.90 Å². The van der Waals surface area contributed by atoms with Crippen molar-refractivity contribution >= 4 is 31.6 Å². The van der Waals surface area contributed by atoms with Gasteiger partial charge in [0.05, 0.1) is 9.92 Å². The Kier molecular flexibility index (Phi) is 3.60. The lowest BCUT2D eigenvalue weighted by molar-refractivity contribution is 0.587. The number of halogens is 1. The number of hydrogen-bond acceptors (Lipinski definition) is 4. The molecule has 0 spiro atoms. The summed E-state index contributed by atoms with van der Waals surface area (Å²) in [6, 6.07) is 3.14. The normalized spacial score (nSPS) is 12.7. The van der Waals surface area contributed by atoms with E-state index in [0.717, 1.165) is 18.2 Å². The predicted octanol–water partition coefficient (Wildman–Crippen LogP) is -0.104. The first-order chi connectivity index (χ1) is 7.18. The SMILES string of the molecule is CNS(=O)(=O)c1ccc(S(N)(=O)=O)cc1Cl. The highest BCUT2D eigenvalue weighted by molar-refractivity contribution is 7.90. The van der Waals surface area contributed by atoms with Crippen molar-refractivity contribution in [3.05, 3.63) is 23.2 Å². The van der Waals surface area contributed by atoms with Crippen LogP contribution in [0.25, 0.3) is 0 Å². The summed E-state index contributed by atoms with van der Waals surface area (Å²) >= 11 is 5.66. The van der Waals surface area contributed by atoms with Crippen LogP contribution in [0.1, 0.15) is 0 Å². The Morgan fingerprint density at radius 1 is 1.25 bits per heavy atom. The molecule has 0 saturated heterocycles. The van der Waals surface area contributed by atoms with E-state index in [1.54, 1.807) is 0 Å². The lowest BCUT2D eigenvalue weighted by Crippen LogP contribution is -2.19. The average Bonchev–Trinajstić information content (AvgIpc) is 2.16. The molecule has 0 aromatic heterocycles. The van der Waals surface area contributed by atoms with Crippen LogP contribution in [0.2, 0.25) is 5.02 Å². The van der Waals surface area contributed by atoms with Crippen LogP contribution >= 0.6 is 11.6 Å². The van der Waals surface area contributed by atoms with E-state index >= 15 is 0 Å². The van der Waals surface area contributed by atoms with Gasteiger partial charge >= 0.3 is 0 Å². The summed E-state index contributed by atoms with van der Waals surface area (Å²) in [5, 5.41) is 4.66. The zero-order valence-corrected chi connectivity index (χ0v) is 10.5. The zero-order valence-electron chi connectivity index (χ0n) is 8.14. The molecule has 0 heterocycles. The molecule has 9 heteroatoms. The first kappa shape index (κ1) is 13.4. The predicted molar refractivity (Wildman–Crippen MR) is 59.1 cm³/mol. The number of nitrogens with two attached hydrogens (primary N) is 1. The highest BCUT2D eigenvalue weighted by Crippen LogP contribution is 2.23. The summed E-state index contributed by atoms with van der Waals surface area (Å²) in [6.07, 6.45) is 0. The van der Waals surface area contributed by atoms with Crippen LogP contribution in [-0.4, -0.2) is 23.9 Å². The van der Waals surface area contributed by atoms with Gasteiger partial charge in [-0.1, -0.05) is 11.6 Å². The van der Waals surface area contributed by atoms with Gasteiger partial charge in [-0.25, -0.2) is 26.7 Å². The van der Waals surface area contributed by atoms with Crippen LogP contribution in [0.15, 0.2) is 28.0 Å². The topological polar surface area (TPSA) is 106 Å². The van der Waals surface area contributed by atoms with E-state index in [1.165, 1.54) is 7.05 Å². The molecular weight excluding hydrogens is 276 g/mol. The first-order valence-corrected chi connectivity index (χ1v) is 7.35. The van der Waals surface area contributed by atoms with Gasteiger partial charge in [0.25, 0.3) is 0 Å². The minimum atomic E-state index is -3.89. The molecular formula is C7H9ClN2O4S2. The monoisotopic (exact) mass is 284 g/mol. The summed E-state index contributed by atoms with van der Waals surface area (Å²) in [5.41, 5.74) is 0. The van der Waals surface area contributed by atoms with Crippen LogP contribution in [0.4, 0.5) is 0 Å². The molecule has 0 aliphatic rings. The number of rotatable bonds is 3. The van der Waals surface area contributed by atoms with Crippen LogP contribution in [0.3, 0.4) is 0 Å². The van der Waals surface area contributed by atoms with Crippen molar-refractivity contribution in [3.8, 4) is 0 Å². The maximum Gasteiger partial charge on any atom is 0.241 e. The minimum Gasteiger partial charge on any atom is -0.225 e. The molecule has 0 bridgehead atoms. The molecule has 16 heavy (non-hydrogen) atoms. The fraction of sp³-hybridized carbons (Fsp3) is 0.143.